The molecule has 0 bridgehead atoms. The molecule has 0 aliphatic carbocycles. The van der Waals surface area contributed by atoms with E-state index in [0.29, 0.717) is 0 Å². The van der Waals surface area contributed by atoms with Crippen LogP contribution in [0.3, 0.4) is 0 Å². The summed E-state index contributed by atoms with van der Waals surface area (Å²) >= 11 is 0. The summed E-state index contributed by atoms with van der Waals surface area (Å²) in [5.41, 5.74) is 2.34. The van der Waals surface area contributed by atoms with Gasteiger partial charge in [-0.05, 0) is 43.0 Å². The van der Waals surface area contributed by atoms with Crippen molar-refractivity contribution in [3.05, 3.63) is 54.0 Å². The van der Waals surface area contributed by atoms with Gasteiger partial charge in [-0.15, -0.1) is 0 Å². The van der Waals surface area contributed by atoms with Gasteiger partial charge in [-0.2, -0.15) is 0 Å². The predicted octanol–water partition coefficient (Wildman–Crippen LogP) is 3.03. The van der Waals surface area contributed by atoms with E-state index >= 15 is 0 Å². The van der Waals surface area contributed by atoms with Gasteiger partial charge < -0.3 is 9.80 Å². The zero-order valence-corrected chi connectivity index (χ0v) is 13.5. The predicted molar refractivity (Wildman–Crippen MR) is 91.6 cm³/mol. The number of hydrogen-bond acceptors (Lipinski definition) is 3. The van der Waals surface area contributed by atoms with E-state index in [1.807, 2.05) is 23.1 Å². The highest BCUT2D eigenvalue weighted by molar-refractivity contribution is 5.97. The Morgan fingerprint density at radius 2 is 1.88 bits per heavy atom. The molecule has 1 fully saturated rings. The molecule has 0 saturated carbocycles. The number of piperidine rings is 1. The van der Waals surface area contributed by atoms with E-state index < -0.39 is 0 Å². The topological polar surface area (TPSA) is 36.4 Å². The zero-order chi connectivity index (χ0) is 16.5. The Labute approximate surface area is 140 Å². The van der Waals surface area contributed by atoms with Crippen molar-refractivity contribution in [2.75, 3.05) is 29.4 Å². The SMILES string of the molecule is O=C(C1CCN(c2ccc(F)cn2)CC1)N1CCc2ccccc21. The molecule has 0 radical (unpaired) electrons. The second kappa shape index (κ2) is 6.23. The molecule has 4 nitrogen and oxygen atoms in total. The number of carbonyl (C=O) groups is 1. The lowest BCUT2D eigenvalue weighted by Gasteiger charge is -2.34. The summed E-state index contributed by atoms with van der Waals surface area (Å²) in [6, 6.07) is 11.3. The first-order chi connectivity index (χ1) is 11.7. The molecule has 0 spiro atoms. The first-order valence-corrected chi connectivity index (χ1v) is 8.48. The maximum Gasteiger partial charge on any atom is 0.230 e. The summed E-state index contributed by atoms with van der Waals surface area (Å²) in [4.78, 5) is 21.1. The molecule has 2 aromatic rings. The lowest BCUT2D eigenvalue weighted by molar-refractivity contribution is -0.122. The zero-order valence-electron chi connectivity index (χ0n) is 13.5. The molecule has 0 N–H and O–H groups in total. The number of rotatable bonds is 2. The number of fused-ring (bicyclic) bond motifs is 1. The molecule has 124 valence electrons. The van der Waals surface area contributed by atoms with Crippen LogP contribution >= 0.6 is 0 Å². The van der Waals surface area contributed by atoms with Crippen LogP contribution in [0.2, 0.25) is 0 Å². The molecule has 5 heteroatoms. The van der Waals surface area contributed by atoms with E-state index in [-0.39, 0.29) is 17.6 Å². The number of para-hydroxylation sites is 1. The lowest BCUT2D eigenvalue weighted by Crippen LogP contribution is -2.42. The third kappa shape index (κ3) is 2.75. The van der Waals surface area contributed by atoms with Gasteiger partial charge in [-0.25, -0.2) is 9.37 Å². The summed E-state index contributed by atoms with van der Waals surface area (Å²) in [5.74, 6) is 0.768. The number of hydrogen-bond donors (Lipinski definition) is 0. The average molecular weight is 325 g/mol. The molecule has 1 aromatic heterocycles. The van der Waals surface area contributed by atoms with Crippen LogP contribution in [0, 0.1) is 11.7 Å². The second-order valence-electron chi connectivity index (χ2n) is 6.46. The fraction of sp³-hybridized carbons (Fsp3) is 0.368. The number of carbonyl (C=O) groups excluding carboxylic acids is 1. The van der Waals surface area contributed by atoms with Gasteiger partial charge in [0.25, 0.3) is 0 Å². The van der Waals surface area contributed by atoms with Crippen molar-refractivity contribution < 1.29 is 9.18 Å². The molecule has 4 rings (SSSR count). The van der Waals surface area contributed by atoms with Gasteiger partial charge in [0.1, 0.15) is 11.6 Å². The van der Waals surface area contributed by atoms with Crippen molar-refractivity contribution in [1.29, 1.82) is 0 Å². The molecule has 24 heavy (non-hydrogen) atoms. The number of anilines is 2. The van der Waals surface area contributed by atoms with Crippen molar-refractivity contribution in [2.45, 2.75) is 19.3 Å². The molecule has 1 amide bonds. The first kappa shape index (κ1) is 15.1. The van der Waals surface area contributed by atoms with E-state index in [1.54, 1.807) is 6.07 Å². The fourth-order valence-electron chi connectivity index (χ4n) is 3.70. The molecule has 0 unspecified atom stereocenters. The van der Waals surface area contributed by atoms with E-state index in [1.165, 1.54) is 17.8 Å². The standard InChI is InChI=1S/C19H20FN3O/c20-16-5-6-18(21-13-16)22-10-7-15(8-11-22)19(24)23-12-9-14-3-1-2-4-17(14)23/h1-6,13,15H,7-12H2. The third-order valence-corrected chi connectivity index (χ3v) is 5.03. The smallest absolute Gasteiger partial charge is 0.230 e. The molecular formula is C19H20FN3O. The summed E-state index contributed by atoms with van der Waals surface area (Å²) in [6.45, 7) is 2.35. The van der Waals surface area contributed by atoms with Gasteiger partial charge in [0, 0.05) is 31.2 Å². The van der Waals surface area contributed by atoms with Crippen LogP contribution in [-0.4, -0.2) is 30.5 Å². The van der Waals surface area contributed by atoms with Gasteiger partial charge in [0.05, 0.1) is 6.20 Å². The monoisotopic (exact) mass is 325 g/mol. The van der Waals surface area contributed by atoms with E-state index in [4.69, 9.17) is 0 Å². The quantitative estimate of drug-likeness (QED) is 0.851. The molecule has 1 saturated heterocycles. The van der Waals surface area contributed by atoms with Crippen LogP contribution in [0.1, 0.15) is 18.4 Å². The Balaban J connectivity index is 1.41. The molecule has 3 heterocycles. The minimum atomic E-state index is -0.323. The minimum absolute atomic E-state index is 0.0628. The van der Waals surface area contributed by atoms with Gasteiger partial charge in [-0.1, -0.05) is 18.2 Å². The lowest BCUT2D eigenvalue weighted by atomic mass is 9.95. The highest BCUT2D eigenvalue weighted by Crippen LogP contribution is 2.31. The molecule has 2 aliphatic rings. The highest BCUT2D eigenvalue weighted by atomic mass is 19.1. The van der Waals surface area contributed by atoms with Crippen LogP contribution in [0.5, 0.6) is 0 Å². The van der Waals surface area contributed by atoms with Gasteiger partial charge >= 0.3 is 0 Å². The Morgan fingerprint density at radius 1 is 1.08 bits per heavy atom. The first-order valence-electron chi connectivity index (χ1n) is 8.48. The van der Waals surface area contributed by atoms with Crippen molar-refractivity contribution in [3.63, 3.8) is 0 Å². The summed E-state index contributed by atoms with van der Waals surface area (Å²) < 4.78 is 13.0. The number of halogens is 1. The normalized spacial score (nSPS) is 17.9. The maximum absolute atomic E-state index is 13.0. The number of aromatic nitrogens is 1. The number of benzene rings is 1. The van der Waals surface area contributed by atoms with Crippen molar-refractivity contribution >= 4 is 17.4 Å². The van der Waals surface area contributed by atoms with Gasteiger partial charge in [0.15, 0.2) is 0 Å². The average Bonchev–Trinajstić information content (AvgIpc) is 3.06. The van der Waals surface area contributed by atoms with Crippen LogP contribution in [-0.2, 0) is 11.2 Å². The van der Waals surface area contributed by atoms with E-state index in [2.05, 4.69) is 16.0 Å². The Morgan fingerprint density at radius 3 is 2.62 bits per heavy atom. The largest absolute Gasteiger partial charge is 0.357 e. The van der Waals surface area contributed by atoms with Crippen LogP contribution in [0.25, 0.3) is 0 Å². The summed E-state index contributed by atoms with van der Waals surface area (Å²) in [5, 5.41) is 0. The maximum atomic E-state index is 13.0. The van der Waals surface area contributed by atoms with Gasteiger partial charge in [-0.3, -0.25) is 4.79 Å². The highest BCUT2D eigenvalue weighted by Gasteiger charge is 2.32. The minimum Gasteiger partial charge on any atom is -0.357 e. The Bertz CT molecular complexity index is 739. The third-order valence-electron chi connectivity index (χ3n) is 5.03. The Kier molecular flexibility index (Phi) is 3.92. The molecule has 1 aromatic carbocycles. The van der Waals surface area contributed by atoms with Crippen molar-refractivity contribution in [3.8, 4) is 0 Å². The van der Waals surface area contributed by atoms with Crippen molar-refractivity contribution in [2.24, 2.45) is 5.92 Å². The van der Waals surface area contributed by atoms with Crippen LogP contribution in [0.4, 0.5) is 15.9 Å². The number of amides is 1. The summed E-state index contributed by atoms with van der Waals surface area (Å²) in [7, 11) is 0. The van der Waals surface area contributed by atoms with E-state index in [9.17, 15) is 9.18 Å². The Hall–Kier alpha value is -2.43. The van der Waals surface area contributed by atoms with Gasteiger partial charge in [0.2, 0.25) is 5.91 Å². The van der Waals surface area contributed by atoms with Crippen LogP contribution < -0.4 is 9.80 Å². The van der Waals surface area contributed by atoms with Crippen molar-refractivity contribution in [1.82, 2.24) is 4.98 Å². The molecule has 0 atom stereocenters. The molecule has 2 aliphatic heterocycles. The number of pyridine rings is 1. The summed E-state index contributed by atoms with van der Waals surface area (Å²) in [6.07, 6.45) is 3.82. The second-order valence-corrected chi connectivity index (χ2v) is 6.46. The van der Waals surface area contributed by atoms with E-state index in [0.717, 1.165) is 50.4 Å². The fourth-order valence-corrected chi connectivity index (χ4v) is 3.70. The number of nitrogens with zero attached hydrogens (tertiary/aromatic N) is 3. The molecular weight excluding hydrogens is 305 g/mol. The van der Waals surface area contributed by atoms with Crippen LogP contribution in [0.15, 0.2) is 42.6 Å².